The topological polar surface area (TPSA) is 36.4 Å². The lowest BCUT2D eigenvalue weighted by Gasteiger charge is -2.37. The van der Waals surface area contributed by atoms with Crippen LogP contribution in [0.25, 0.3) is 0 Å². The first-order valence-electron chi connectivity index (χ1n) is 6.25. The van der Waals surface area contributed by atoms with E-state index in [1.54, 1.807) is 12.3 Å². The number of pyridine rings is 1. The molecule has 3 nitrogen and oxygen atoms in total. The summed E-state index contributed by atoms with van der Waals surface area (Å²) in [6.45, 7) is 2.03. The number of aliphatic hydroxyl groups is 1. The highest BCUT2D eigenvalue weighted by Crippen LogP contribution is 2.26. The van der Waals surface area contributed by atoms with E-state index in [0.717, 1.165) is 30.2 Å². The molecule has 0 spiro atoms. The Kier molecular flexibility index (Phi) is 4.77. The summed E-state index contributed by atoms with van der Waals surface area (Å²) in [4.78, 5) is 6.75. The minimum atomic E-state index is 0.256. The Morgan fingerprint density at radius 1 is 1.47 bits per heavy atom. The Bertz CT molecular complexity index is 355. The fourth-order valence-corrected chi connectivity index (χ4v) is 2.34. The van der Waals surface area contributed by atoms with Gasteiger partial charge in [-0.1, -0.05) is 18.0 Å². The first-order chi connectivity index (χ1) is 8.29. The van der Waals surface area contributed by atoms with Gasteiger partial charge >= 0.3 is 0 Å². The average molecular weight is 255 g/mol. The van der Waals surface area contributed by atoms with E-state index >= 15 is 0 Å². The van der Waals surface area contributed by atoms with E-state index < -0.39 is 0 Å². The zero-order valence-corrected chi connectivity index (χ0v) is 10.7. The lowest BCUT2D eigenvalue weighted by atomic mass is 9.91. The maximum absolute atomic E-state index is 8.93. The van der Waals surface area contributed by atoms with Crippen molar-refractivity contribution in [3.63, 3.8) is 0 Å². The number of nitrogens with zero attached hydrogens (tertiary/aromatic N) is 2. The molecule has 1 heterocycles. The monoisotopic (exact) mass is 254 g/mol. The molecule has 0 unspecified atom stereocenters. The third-order valence-electron chi connectivity index (χ3n) is 3.34. The third-order valence-corrected chi connectivity index (χ3v) is 3.57. The van der Waals surface area contributed by atoms with Crippen molar-refractivity contribution in [2.75, 3.05) is 13.2 Å². The van der Waals surface area contributed by atoms with Gasteiger partial charge in [0.05, 0.1) is 5.69 Å². The Labute approximate surface area is 107 Å². The van der Waals surface area contributed by atoms with Gasteiger partial charge in [0.25, 0.3) is 0 Å². The number of halogens is 1. The lowest BCUT2D eigenvalue weighted by Crippen LogP contribution is -2.40. The summed E-state index contributed by atoms with van der Waals surface area (Å²) in [5.41, 5.74) is 1.02. The van der Waals surface area contributed by atoms with Crippen molar-refractivity contribution in [2.24, 2.45) is 0 Å². The van der Waals surface area contributed by atoms with Gasteiger partial charge in [0, 0.05) is 37.0 Å². The predicted molar refractivity (Wildman–Crippen MR) is 69.0 cm³/mol. The SMILES string of the molecule is OCCCN(Cc1cc(Cl)ccn1)C1CCC1. The molecule has 1 N–H and O–H groups in total. The van der Waals surface area contributed by atoms with E-state index in [1.807, 2.05) is 6.07 Å². The van der Waals surface area contributed by atoms with Crippen LogP contribution < -0.4 is 0 Å². The average Bonchev–Trinajstić information content (AvgIpc) is 2.23. The van der Waals surface area contributed by atoms with Crippen LogP contribution in [0.1, 0.15) is 31.4 Å². The summed E-state index contributed by atoms with van der Waals surface area (Å²) in [5, 5.41) is 9.68. The number of aromatic nitrogens is 1. The first kappa shape index (κ1) is 12.8. The fourth-order valence-electron chi connectivity index (χ4n) is 2.16. The lowest BCUT2D eigenvalue weighted by molar-refractivity contribution is 0.108. The zero-order valence-electron chi connectivity index (χ0n) is 9.98. The zero-order chi connectivity index (χ0) is 12.1. The van der Waals surface area contributed by atoms with Gasteiger partial charge in [-0.25, -0.2) is 0 Å². The molecular formula is C13H19ClN2O. The molecule has 0 bridgehead atoms. The van der Waals surface area contributed by atoms with Gasteiger partial charge in [0.15, 0.2) is 0 Å². The van der Waals surface area contributed by atoms with Crippen LogP contribution >= 0.6 is 11.6 Å². The Morgan fingerprint density at radius 3 is 2.88 bits per heavy atom. The van der Waals surface area contributed by atoms with Crippen LogP contribution in [-0.2, 0) is 6.54 Å². The fraction of sp³-hybridized carbons (Fsp3) is 0.615. The van der Waals surface area contributed by atoms with Crippen LogP contribution in [0.2, 0.25) is 5.02 Å². The van der Waals surface area contributed by atoms with Gasteiger partial charge in [0.1, 0.15) is 0 Å². The summed E-state index contributed by atoms with van der Waals surface area (Å²) >= 11 is 5.96. The number of hydrogen-bond acceptors (Lipinski definition) is 3. The van der Waals surface area contributed by atoms with Crippen molar-refractivity contribution in [2.45, 2.75) is 38.3 Å². The first-order valence-corrected chi connectivity index (χ1v) is 6.63. The molecule has 4 heteroatoms. The minimum absolute atomic E-state index is 0.256. The van der Waals surface area contributed by atoms with Crippen molar-refractivity contribution in [1.29, 1.82) is 0 Å². The summed E-state index contributed by atoms with van der Waals surface area (Å²) < 4.78 is 0. The van der Waals surface area contributed by atoms with Crippen LogP contribution in [0, 0.1) is 0 Å². The van der Waals surface area contributed by atoms with E-state index in [2.05, 4.69) is 9.88 Å². The molecule has 0 saturated heterocycles. The molecule has 1 fully saturated rings. The number of aliphatic hydroxyl groups excluding tert-OH is 1. The molecule has 0 aliphatic heterocycles. The van der Waals surface area contributed by atoms with Crippen LogP contribution in [0.5, 0.6) is 0 Å². The molecule has 0 radical (unpaired) electrons. The Morgan fingerprint density at radius 2 is 2.29 bits per heavy atom. The summed E-state index contributed by atoms with van der Waals surface area (Å²) in [6, 6.07) is 4.39. The maximum atomic E-state index is 8.93. The second-order valence-electron chi connectivity index (χ2n) is 4.60. The van der Waals surface area contributed by atoms with Crippen LogP contribution in [0.3, 0.4) is 0 Å². The van der Waals surface area contributed by atoms with Gasteiger partial charge < -0.3 is 5.11 Å². The van der Waals surface area contributed by atoms with Crippen molar-refractivity contribution < 1.29 is 5.11 Å². The molecule has 0 aromatic carbocycles. The predicted octanol–water partition coefficient (Wildman–Crippen LogP) is 2.47. The highest BCUT2D eigenvalue weighted by molar-refractivity contribution is 6.30. The van der Waals surface area contributed by atoms with Gasteiger partial charge in [-0.15, -0.1) is 0 Å². The van der Waals surface area contributed by atoms with Crippen LogP contribution in [0.15, 0.2) is 18.3 Å². The highest BCUT2D eigenvalue weighted by Gasteiger charge is 2.24. The van der Waals surface area contributed by atoms with Crippen molar-refractivity contribution in [3.8, 4) is 0 Å². The molecule has 0 atom stereocenters. The second kappa shape index (κ2) is 6.34. The minimum Gasteiger partial charge on any atom is -0.396 e. The number of rotatable bonds is 6. The van der Waals surface area contributed by atoms with Gasteiger partial charge in [0.2, 0.25) is 0 Å². The maximum Gasteiger partial charge on any atom is 0.0558 e. The molecule has 1 aromatic heterocycles. The normalized spacial score (nSPS) is 16.2. The third kappa shape index (κ3) is 3.66. The molecule has 94 valence electrons. The van der Waals surface area contributed by atoms with Gasteiger partial charge in [-0.05, 0) is 31.4 Å². The van der Waals surface area contributed by atoms with Crippen molar-refractivity contribution in [3.05, 3.63) is 29.0 Å². The van der Waals surface area contributed by atoms with Crippen molar-refractivity contribution >= 4 is 11.6 Å². The van der Waals surface area contributed by atoms with Gasteiger partial charge in [-0.2, -0.15) is 0 Å². The van der Waals surface area contributed by atoms with Gasteiger partial charge in [-0.3, -0.25) is 9.88 Å². The summed E-state index contributed by atoms with van der Waals surface area (Å²) in [7, 11) is 0. The molecule has 1 aliphatic carbocycles. The molecule has 1 aliphatic rings. The summed E-state index contributed by atoms with van der Waals surface area (Å²) in [6.07, 6.45) is 6.45. The molecule has 17 heavy (non-hydrogen) atoms. The highest BCUT2D eigenvalue weighted by atomic mass is 35.5. The molecular weight excluding hydrogens is 236 g/mol. The van der Waals surface area contributed by atoms with E-state index in [0.29, 0.717) is 6.04 Å². The molecule has 0 amide bonds. The Balaban J connectivity index is 1.95. The second-order valence-corrected chi connectivity index (χ2v) is 5.03. The van der Waals surface area contributed by atoms with Crippen LogP contribution in [-0.4, -0.2) is 34.2 Å². The quantitative estimate of drug-likeness (QED) is 0.847. The van der Waals surface area contributed by atoms with Crippen LogP contribution in [0.4, 0.5) is 0 Å². The Hall–Kier alpha value is -0.640. The summed E-state index contributed by atoms with van der Waals surface area (Å²) in [5.74, 6) is 0. The van der Waals surface area contributed by atoms with E-state index in [-0.39, 0.29) is 6.61 Å². The van der Waals surface area contributed by atoms with Crippen molar-refractivity contribution in [1.82, 2.24) is 9.88 Å². The molecule has 2 rings (SSSR count). The standard InChI is InChI=1S/C13H19ClN2O/c14-11-5-6-15-12(9-11)10-16(7-2-8-17)13-3-1-4-13/h5-6,9,13,17H,1-4,7-8,10H2. The van der Waals surface area contributed by atoms with E-state index in [4.69, 9.17) is 16.7 Å². The van der Waals surface area contributed by atoms with E-state index in [9.17, 15) is 0 Å². The number of hydrogen-bond donors (Lipinski definition) is 1. The molecule has 1 saturated carbocycles. The molecule has 1 aromatic rings. The largest absolute Gasteiger partial charge is 0.396 e. The van der Waals surface area contributed by atoms with E-state index in [1.165, 1.54) is 19.3 Å². The smallest absolute Gasteiger partial charge is 0.0558 e.